The van der Waals surface area contributed by atoms with Crippen LogP contribution in [0, 0.1) is 5.92 Å². The minimum absolute atomic E-state index is 0.292. The highest BCUT2D eigenvalue weighted by Gasteiger charge is 2.27. The molecule has 0 radical (unpaired) electrons. The Hall–Kier alpha value is -0.920. The molecule has 1 saturated carbocycles. The van der Waals surface area contributed by atoms with Crippen LogP contribution in [0.2, 0.25) is 5.02 Å². The summed E-state index contributed by atoms with van der Waals surface area (Å²) in [6.07, 6.45) is 8.48. The van der Waals surface area contributed by atoms with Crippen molar-refractivity contribution in [2.75, 3.05) is 40.3 Å². The van der Waals surface area contributed by atoms with E-state index < -0.39 is 10.0 Å². The number of benzene rings is 1. The Balaban J connectivity index is 1.67. The smallest absolute Gasteiger partial charge is 0.242 e. The molecule has 0 aromatic heterocycles. The molecule has 0 N–H and O–H groups in total. The maximum Gasteiger partial charge on any atom is 0.242 e. The standard InChI is InChI=1S/C22H35ClN2O3S/c1-4-15-24(2)16-5-6-17-28-21-11-7-19(8-12-21)18-25(3)29(26,27)22-13-9-20(23)10-14-22/h4,9-10,13-14,19,21H,1,5-8,11-12,15-18H2,2-3H3/t19-,21-. The molecule has 0 atom stereocenters. The number of unbranched alkanes of at least 4 members (excludes halogenated alkanes) is 1. The molecule has 0 spiro atoms. The zero-order chi connectivity index (χ0) is 21.3. The summed E-state index contributed by atoms with van der Waals surface area (Å²) in [6, 6.07) is 6.35. The summed E-state index contributed by atoms with van der Waals surface area (Å²) in [7, 11) is 0.301. The summed E-state index contributed by atoms with van der Waals surface area (Å²) in [6.45, 7) is 7.10. The van der Waals surface area contributed by atoms with Crippen LogP contribution >= 0.6 is 11.6 Å². The van der Waals surface area contributed by atoms with E-state index in [1.165, 1.54) is 4.31 Å². The lowest BCUT2D eigenvalue weighted by Crippen LogP contribution is -2.34. The quantitative estimate of drug-likeness (QED) is 0.355. The number of hydrogen-bond acceptors (Lipinski definition) is 4. The van der Waals surface area contributed by atoms with Crippen molar-refractivity contribution in [2.24, 2.45) is 5.92 Å². The fourth-order valence-corrected chi connectivity index (χ4v) is 5.15. The van der Waals surface area contributed by atoms with Crippen LogP contribution in [0.3, 0.4) is 0 Å². The van der Waals surface area contributed by atoms with Crippen LogP contribution in [0.4, 0.5) is 0 Å². The Morgan fingerprint density at radius 1 is 1.14 bits per heavy atom. The van der Waals surface area contributed by atoms with Gasteiger partial charge in [0.2, 0.25) is 10.0 Å². The number of hydrogen-bond donors (Lipinski definition) is 0. The Labute approximate surface area is 181 Å². The van der Waals surface area contributed by atoms with Crippen molar-refractivity contribution in [1.29, 1.82) is 0 Å². The largest absolute Gasteiger partial charge is 0.378 e. The number of likely N-dealkylation sites (N-methyl/N-ethyl adjacent to an activating group) is 1. The summed E-state index contributed by atoms with van der Waals surface area (Å²) < 4.78 is 33.0. The molecule has 0 heterocycles. The molecule has 1 fully saturated rings. The molecular formula is C22H35ClN2O3S. The Morgan fingerprint density at radius 2 is 1.79 bits per heavy atom. The Bertz CT molecular complexity index is 716. The van der Waals surface area contributed by atoms with Crippen molar-refractivity contribution in [1.82, 2.24) is 9.21 Å². The molecular weight excluding hydrogens is 408 g/mol. The van der Waals surface area contributed by atoms with E-state index >= 15 is 0 Å². The van der Waals surface area contributed by atoms with Gasteiger partial charge in [0.05, 0.1) is 11.0 Å². The van der Waals surface area contributed by atoms with E-state index in [0.717, 1.165) is 58.2 Å². The molecule has 0 saturated heterocycles. The van der Waals surface area contributed by atoms with Gasteiger partial charge in [-0.3, -0.25) is 0 Å². The highest BCUT2D eigenvalue weighted by molar-refractivity contribution is 7.89. The second-order valence-electron chi connectivity index (χ2n) is 8.01. The molecule has 5 nitrogen and oxygen atoms in total. The van der Waals surface area contributed by atoms with Crippen LogP contribution in [-0.4, -0.2) is 64.1 Å². The van der Waals surface area contributed by atoms with Gasteiger partial charge in [-0.1, -0.05) is 17.7 Å². The van der Waals surface area contributed by atoms with Crippen molar-refractivity contribution in [3.05, 3.63) is 41.9 Å². The molecule has 1 aliphatic carbocycles. The van der Waals surface area contributed by atoms with Gasteiger partial charge in [-0.15, -0.1) is 6.58 Å². The lowest BCUT2D eigenvalue weighted by Gasteiger charge is -2.31. The van der Waals surface area contributed by atoms with Crippen LogP contribution in [0.15, 0.2) is 41.8 Å². The molecule has 0 amide bonds. The van der Waals surface area contributed by atoms with Crippen LogP contribution in [0.5, 0.6) is 0 Å². The molecule has 29 heavy (non-hydrogen) atoms. The fraction of sp³-hybridized carbons (Fsp3) is 0.636. The highest BCUT2D eigenvalue weighted by Crippen LogP contribution is 2.28. The molecule has 7 heteroatoms. The monoisotopic (exact) mass is 442 g/mol. The molecule has 0 unspecified atom stereocenters. The highest BCUT2D eigenvalue weighted by atomic mass is 35.5. The first-order valence-corrected chi connectivity index (χ1v) is 12.3. The van der Waals surface area contributed by atoms with E-state index in [2.05, 4.69) is 18.5 Å². The Kier molecular flexibility index (Phi) is 10.1. The first-order chi connectivity index (χ1) is 13.8. The van der Waals surface area contributed by atoms with E-state index in [1.807, 2.05) is 6.08 Å². The van der Waals surface area contributed by atoms with Crippen molar-refractivity contribution in [2.45, 2.75) is 49.5 Å². The van der Waals surface area contributed by atoms with E-state index in [4.69, 9.17) is 16.3 Å². The second-order valence-corrected chi connectivity index (χ2v) is 10.5. The first kappa shape index (κ1) is 24.4. The second kappa shape index (κ2) is 12.1. The molecule has 1 aromatic carbocycles. The molecule has 0 aliphatic heterocycles. The summed E-state index contributed by atoms with van der Waals surface area (Å²) in [5, 5.41) is 0.536. The lowest BCUT2D eigenvalue weighted by atomic mass is 9.87. The average molecular weight is 443 g/mol. The van der Waals surface area contributed by atoms with Crippen molar-refractivity contribution >= 4 is 21.6 Å². The number of nitrogens with zero attached hydrogens (tertiary/aromatic N) is 2. The van der Waals surface area contributed by atoms with E-state index in [1.54, 1.807) is 31.3 Å². The van der Waals surface area contributed by atoms with Gasteiger partial charge in [0.15, 0.2) is 0 Å². The molecule has 1 aliphatic rings. The van der Waals surface area contributed by atoms with E-state index in [9.17, 15) is 8.42 Å². The molecule has 2 rings (SSSR count). The number of sulfonamides is 1. The summed E-state index contributed by atoms with van der Waals surface area (Å²) in [4.78, 5) is 2.55. The normalized spacial score (nSPS) is 20.3. The van der Waals surface area contributed by atoms with Gasteiger partial charge < -0.3 is 9.64 Å². The number of ether oxygens (including phenoxy) is 1. The Morgan fingerprint density at radius 3 is 2.41 bits per heavy atom. The number of rotatable bonds is 12. The van der Waals surface area contributed by atoms with Gasteiger partial charge in [-0.25, -0.2) is 12.7 Å². The SMILES string of the molecule is C=CCN(C)CCCCO[C@H]1CC[C@H](CN(C)S(=O)(=O)c2ccc(Cl)cc2)CC1. The summed E-state index contributed by atoms with van der Waals surface area (Å²) >= 11 is 5.86. The third kappa shape index (κ3) is 8.02. The first-order valence-electron chi connectivity index (χ1n) is 10.5. The summed E-state index contributed by atoms with van der Waals surface area (Å²) in [5.74, 6) is 0.384. The predicted molar refractivity (Wildman–Crippen MR) is 120 cm³/mol. The van der Waals surface area contributed by atoms with Crippen LogP contribution in [0.25, 0.3) is 0 Å². The third-order valence-electron chi connectivity index (χ3n) is 5.56. The van der Waals surface area contributed by atoms with Gasteiger partial charge in [0.25, 0.3) is 0 Å². The van der Waals surface area contributed by atoms with Crippen molar-refractivity contribution in [3.63, 3.8) is 0 Å². The lowest BCUT2D eigenvalue weighted by molar-refractivity contribution is 0.0145. The fourth-order valence-electron chi connectivity index (χ4n) is 3.77. The zero-order valence-electron chi connectivity index (χ0n) is 17.7. The topological polar surface area (TPSA) is 49.9 Å². The van der Waals surface area contributed by atoms with Crippen molar-refractivity contribution < 1.29 is 13.2 Å². The summed E-state index contributed by atoms with van der Waals surface area (Å²) in [5.41, 5.74) is 0. The van der Waals surface area contributed by atoms with Gasteiger partial charge in [-0.05, 0) is 82.3 Å². The number of halogens is 1. The molecule has 1 aromatic rings. The predicted octanol–water partition coefficient (Wildman–Crippen LogP) is 4.43. The van der Waals surface area contributed by atoms with E-state index in [0.29, 0.717) is 28.5 Å². The van der Waals surface area contributed by atoms with Gasteiger partial charge in [0.1, 0.15) is 0 Å². The zero-order valence-corrected chi connectivity index (χ0v) is 19.3. The maximum absolute atomic E-state index is 12.7. The van der Waals surface area contributed by atoms with Gasteiger partial charge in [-0.2, -0.15) is 0 Å². The van der Waals surface area contributed by atoms with Crippen LogP contribution in [-0.2, 0) is 14.8 Å². The minimum Gasteiger partial charge on any atom is -0.378 e. The molecule has 0 bridgehead atoms. The third-order valence-corrected chi connectivity index (χ3v) is 7.65. The maximum atomic E-state index is 12.7. The van der Waals surface area contributed by atoms with Crippen molar-refractivity contribution in [3.8, 4) is 0 Å². The van der Waals surface area contributed by atoms with E-state index in [-0.39, 0.29) is 0 Å². The minimum atomic E-state index is -3.47. The van der Waals surface area contributed by atoms with Gasteiger partial charge >= 0.3 is 0 Å². The average Bonchev–Trinajstić information content (AvgIpc) is 2.69. The van der Waals surface area contributed by atoms with Crippen LogP contribution in [0.1, 0.15) is 38.5 Å². The van der Waals surface area contributed by atoms with Gasteiger partial charge in [0, 0.05) is 31.8 Å². The van der Waals surface area contributed by atoms with Crippen LogP contribution < -0.4 is 0 Å². The molecule has 164 valence electrons.